The molecule has 2 aromatic rings. The van der Waals surface area contributed by atoms with E-state index in [1.807, 2.05) is 0 Å². The van der Waals surface area contributed by atoms with E-state index < -0.39 is 23.3 Å². The van der Waals surface area contributed by atoms with Gasteiger partial charge in [0.25, 0.3) is 5.91 Å². The van der Waals surface area contributed by atoms with Crippen LogP contribution < -0.4 is 10.1 Å². The lowest BCUT2D eigenvalue weighted by Crippen LogP contribution is -2.40. The molecule has 1 fully saturated rings. The molecule has 0 saturated carbocycles. The maximum atomic E-state index is 14.0. The third-order valence-electron chi connectivity index (χ3n) is 4.29. The van der Waals surface area contributed by atoms with E-state index in [4.69, 9.17) is 4.74 Å². The van der Waals surface area contributed by atoms with Crippen molar-refractivity contribution in [1.82, 2.24) is 10.2 Å². The number of carbonyl (C=O) groups excluding carboxylic acids is 2. The highest BCUT2D eigenvalue weighted by molar-refractivity contribution is 9.10. The van der Waals surface area contributed by atoms with Crippen LogP contribution in [0.1, 0.15) is 18.1 Å². The fourth-order valence-corrected chi connectivity index (χ4v) is 3.11. The lowest BCUT2D eigenvalue weighted by molar-refractivity contribution is -0.131. The van der Waals surface area contributed by atoms with E-state index in [1.165, 1.54) is 6.07 Å². The Morgan fingerprint density at radius 2 is 1.88 bits per heavy atom. The number of hydrogen-bond donors (Lipinski definition) is 1. The largest absolute Gasteiger partial charge is 0.497 e. The predicted octanol–water partition coefficient (Wildman–Crippen LogP) is 3.56. The Balaban J connectivity index is 1.88. The maximum absolute atomic E-state index is 14.0. The summed E-state index contributed by atoms with van der Waals surface area (Å²) < 4.78 is 19.7. The zero-order valence-electron chi connectivity index (χ0n) is 13.7. The second kappa shape index (κ2) is 6.48. The van der Waals surface area contributed by atoms with Crippen molar-refractivity contribution in [2.45, 2.75) is 19.0 Å². The molecule has 5 nitrogen and oxygen atoms in total. The van der Waals surface area contributed by atoms with Crippen LogP contribution in [0.25, 0.3) is 0 Å². The zero-order chi connectivity index (χ0) is 18.2. The summed E-state index contributed by atoms with van der Waals surface area (Å²) in [5.41, 5.74) is -0.300. The SMILES string of the molecule is COc1ccc(C2(C)NC(=O)N(Cc3ccc(Br)cc3F)C2=O)cc1. The van der Waals surface area contributed by atoms with E-state index in [-0.39, 0.29) is 12.1 Å². The summed E-state index contributed by atoms with van der Waals surface area (Å²) in [5.74, 6) is -0.254. The molecule has 1 unspecified atom stereocenters. The summed E-state index contributed by atoms with van der Waals surface area (Å²) in [6.07, 6.45) is 0. The van der Waals surface area contributed by atoms with Crippen LogP contribution in [-0.2, 0) is 16.9 Å². The van der Waals surface area contributed by atoms with E-state index in [9.17, 15) is 14.0 Å². The minimum atomic E-state index is -1.20. The Hall–Kier alpha value is -2.41. The molecule has 7 heteroatoms. The van der Waals surface area contributed by atoms with Crippen LogP contribution in [0.4, 0.5) is 9.18 Å². The molecule has 1 aliphatic rings. The number of urea groups is 1. The van der Waals surface area contributed by atoms with Crippen LogP contribution in [0.15, 0.2) is 46.9 Å². The van der Waals surface area contributed by atoms with Gasteiger partial charge in [0.15, 0.2) is 0 Å². The maximum Gasteiger partial charge on any atom is 0.325 e. The van der Waals surface area contributed by atoms with Gasteiger partial charge in [0.2, 0.25) is 0 Å². The molecule has 1 saturated heterocycles. The van der Waals surface area contributed by atoms with Gasteiger partial charge in [-0.05, 0) is 36.8 Å². The molecule has 1 N–H and O–H groups in total. The topological polar surface area (TPSA) is 58.6 Å². The van der Waals surface area contributed by atoms with E-state index >= 15 is 0 Å². The number of hydrogen-bond acceptors (Lipinski definition) is 3. The van der Waals surface area contributed by atoms with Crippen molar-refractivity contribution in [1.29, 1.82) is 0 Å². The third kappa shape index (κ3) is 3.11. The Morgan fingerprint density at radius 1 is 1.20 bits per heavy atom. The third-order valence-corrected chi connectivity index (χ3v) is 4.78. The second-order valence-corrected chi connectivity index (χ2v) is 6.83. The van der Waals surface area contributed by atoms with Crippen molar-refractivity contribution in [3.8, 4) is 5.75 Å². The molecule has 0 aliphatic carbocycles. The molecule has 25 heavy (non-hydrogen) atoms. The first kappa shape index (κ1) is 17.4. The highest BCUT2D eigenvalue weighted by atomic mass is 79.9. The molecule has 0 bridgehead atoms. The number of halogens is 2. The minimum Gasteiger partial charge on any atom is -0.497 e. The Bertz CT molecular complexity index is 841. The molecule has 0 aromatic heterocycles. The molecular formula is C18H16BrFN2O3. The number of amides is 3. The van der Waals surface area contributed by atoms with Gasteiger partial charge in [0.1, 0.15) is 17.1 Å². The van der Waals surface area contributed by atoms with Crippen molar-refractivity contribution in [2.75, 3.05) is 7.11 Å². The normalized spacial score (nSPS) is 19.9. The standard InChI is InChI=1S/C18H16BrFN2O3/c1-18(12-4-7-14(25-2)8-5-12)16(23)22(17(24)21-18)10-11-3-6-13(19)9-15(11)20/h3-9H,10H2,1-2H3,(H,21,24). The fraction of sp³-hybridized carbons (Fsp3) is 0.222. The summed E-state index contributed by atoms with van der Waals surface area (Å²) in [4.78, 5) is 26.2. The molecule has 1 atom stereocenters. The first-order valence-corrected chi connectivity index (χ1v) is 8.37. The van der Waals surface area contributed by atoms with Gasteiger partial charge in [-0.3, -0.25) is 9.69 Å². The number of ether oxygens (including phenoxy) is 1. The van der Waals surface area contributed by atoms with Crippen LogP contribution in [0.2, 0.25) is 0 Å². The van der Waals surface area contributed by atoms with Gasteiger partial charge in [0.05, 0.1) is 13.7 Å². The quantitative estimate of drug-likeness (QED) is 0.789. The van der Waals surface area contributed by atoms with Crippen LogP contribution >= 0.6 is 15.9 Å². The molecule has 0 spiro atoms. The highest BCUT2D eigenvalue weighted by Crippen LogP contribution is 2.31. The first-order chi connectivity index (χ1) is 11.8. The molecule has 3 amide bonds. The number of nitrogens with one attached hydrogen (secondary N) is 1. The predicted molar refractivity (Wildman–Crippen MR) is 93.5 cm³/mol. The molecule has 2 aromatic carbocycles. The molecule has 130 valence electrons. The lowest BCUT2D eigenvalue weighted by Gasteiger charge is -2.22. The Kier molecular flexibility index (Phi) is 4.51. The summed E-state index contributed by atoms with van der Waals surface area (Å²) in [6, 6.07) is 10.8. The van der Waals surface area contributed by atoms with Crippen LogP contribution in [-0.4, -0.2) is 23.9 Å². The number of nitrogens with zero attached hydrogens (tertiary/aromatic N) is 1. The average Bonchev–Trinajstić information content (AvgIpc) is 2.81. The number of carbonyl (C=O) groups is 2. The molecular weight excluding hydrogens is 391 g/mol. The molecule has 3 rings (SSSR count). The van der Waals surface area contributed by atoms with Crippen molar-refractivity contribution < 1.29 is 18.7 Å². The van der Waals surface area contributed by atoms with Crippen LogP contribution in [0.5, 0.6) is 5.75 Å². The smallest absolute Gasteiger partial charge is 0.325 e. The van der Waals surface area contributed by atoms with E-state index in [0.717, 1.165) is 4.90 Å². The summed E-state index contributed by atoms with van der Waals surface area (Å²) >= 11 is 3.18. The van der Waals surface area contributed by atoms with Crippen LogP contribution in [0.3, 0.4) is 0 Å². The van der Waals surface area contributed by atoms with Crippen molar-refractivity contribution >= 4 is 27.9 Å². The van der Waals surface area contributed by atoms with E-state index in [0.29, 0.717) is 15.8 Å². The molecule has 1 aliphatic heterocycles. The number of benzene rings is 2. The Morgan fingerprint density at radius 3 is 2.48 bits per heavy atom. The van der Waals surface area contributed by atoms with Gasteiger partial charge in [-0.1, -0.05) is 34.1 Å². The van der Waals surface area contributed by atoms with E-state index in [1.54, 1.807) is 50.4 Å². The summed E-state index contributed by atoms with van der Waals surface area (Å²) in [6.45, 7) is 1.50. The number of methoxy groups -OCH3 is 1. The van der Waals surface area contributed by atoms with Crippen molar-refractivity contribution in [3.63, 3.8) is 0 Å². The molecule has 0 radical (unpaired) electrons. The first-order valence-electron chi connectivity index (χ1n) is 7.57. The van der Waals surface area contributed by atoms with Gasteiger partial charge in [-0.25, -0.2) is 9.18 Å². The second-order valence-electron chi connectivity index (χ2n) is 5.91. The average molecular weight is 407 g/mol. The van der Waals surface area contributed by atoms with Gasteiger partial charge in [0, 0.05) is 10.0 Å². The lowest BCUT2D eigenvalue weighted by atomic mass is 9.92. The van der Waals surface area contributed by atoms with Crippen LogP contribution in [0, 0.1) is 5.82 Å². The van der Waals surface area contributed by atoms with Gasteiger partial charge < -0.3 is 10.1 Å². The number of rotatable bonds is 4. The summed E-state index contributed by atoms with van der Waals surface area (Å²) in [5, 5.41) is 2.70. The van der Waals surface area contributed by atoms with E-state index in [2.05, 4.69) is 21.2 Å². The van der Waals surface area contributed by atoms with Crippen molar-refractivity contribution in [2.24, 2.45) is 0 Å². The fourth-order valence-electron chi connectivity index (χ4n) is 2.78. The Labute approximate surface area is 152 Å². The monoisotopic (exact) mass is 406 g/mol. The summed E-state index contributed by atoms with van der Waals surface area (Å²) in [7, 11) is 1.55. The number of imide groups is 1. The minimum absolute atomic E-state index is 0.129. The van der Waals surface area contributed by atoms with Gasteiger partial charge in [-0.2, -0.15) is 0 Å². The molecule has 1 heterocycles. The highest BCUT2D eigenvalue weighted by Gasteiger charge is 2.49. The van der Waals surface area contributed by atoms with Crippen molar-refractivity contribution in [3.05, 3.63) is 63.9 Å². The van der Waals surface area contributed by atoms with Gasteiger partial charge in [-0.15, -0.1) is 0 Å². The zero-order valence-corrected chi connectivity index (χ0v) is 15.3. The van der Waals surface area contributed by atoms with Gasteiger partial charge >= 0.3 is 6.03 Å².